The Morgan fingerprint density at radius 2 is 1.53 bits per heavy atom. The first kappa shape index (κ1) is 23.7. The molecule has 0 radical (unpaired) electrons. The number of methoxy groups -OCH3 is 1. The fraction of sp³-hybridized carbons (Fsp3) is 0.267. The minimum absolute atomic E-state index is 0.0588. The Morgan fingerprint density at radius 1 is 1.00 bits per heavy atom. The molecule has 8 heteroatoms. The summed E-state index contributed by atoms with van der Waals surface area (Å²) < 4.78 is 10.9. The number of fused-ring (bicyclic) bond motifs is 8. The van der Waals surface area contributed by atoms with Crippen molar-refractivity contribution in [2.45, 2.75) is 46.5 Å². The van der Waals surface area contributed by atoms with Crippen molar-refractivity contribution in [3.63, 3.8) is 0 Å². The van der Waals surface area contributed by atoms with Crippen molar-refractivity contribution < 1.29 is 24.5 Å². The molecule has 2 unspecified atom stereocenters. The van der Waals surface area contributed by atoms with Gasteiger partial charge in [0.15, 0.2) is 0 Å². The van der Waals surface area contributed by atoms with E-state index in [1.807, 2.05) is 31.2 Å². The minimum atomic E-state index is -0.711. The third-order valence-corrected chi connectivity index (χ3v) is 11.0. The van der Waals surface area contributed by atoms with Crippen LogP contribution in [0.15, 0.2) is 68.3 Å². The van der Waals surface area contributed by atoms with E-state index in [1.165, 1.54) is 22.3 Å². The molecular weight excluding hydrogens is 518 g/mol. The summed E-state index contributed by atoms with van der Waals surface area (Å²) in [5.74, 6) is -0.567. The summed E-state index contributed by atoms with van der Waals surface area (Å²) in [5, 5.41) is 23.4. The van der Waals surface area contributed by atoms with Crippen molar-refractivity contribution >= 4 is 29.5 Å². The van der Waals surface area contributed by atoms with Crippen molar-refractivity contribution in [2.24, 2.45) is 0 Å². The highest BCUT2D eigenvalue weighted by atomic mass is 32.2. The second-order valence-corrected chi connectivity index (χ2v) is 12.3. The average Bonchev–Trinajstić information content (AvgIpc) is 3.44. The second-order valence-electron chi connectivity index (χ2n) is 10.0. The fourth-order valence-electron chi connectivity index (χ4n) is 6.76. The number of benzene rings is 3. The summed E-state index contributed by atoms with van der Waals surface area (Å²) in [6, 6.07) is 16.7. The number of rotatable bonds is 5. The standard InChI is InChI=1S/C30H23NO5S2/c1-14(35-3)12-13-36-28(34)23(31-2)29-37-26-24(32)19-20(25(33)27(26)38-29)22-16-9-5-7-11-18(16)30(22)17-10-6-4-8-15(17)21(19)30/h4-11,14,21-22,32-33H,12-13H2,1,3H3/t14?,21-,22+,30?. The molecule has 3 aliphatic carbocycles. The Balaban J connectivity index is 1.32. The lowest BCUT2D eigenvalue weighted by Gasteiger charge is -2.58. The van der Waals surface area contributed by atoms with Crippen LogP contribution in [0.1, 0.15) is 58.6 Å². The molecule has 0 aromatic heterocycles. The zero-order valence-corrected chi connectivity index (χ0v) is 22.3. The van der Waals surface area contributed by atoms with Gasteiger partial charge in [0, 0.05) is 41.9 Å². The van der Waals surface area contributed by atoms with Gasteiger partial charge in [0.1, 0.15) is 11.5 Å². The van der Waals surface area contributed by atoms with Crippen molar-refractivity contribution in [3.05, 3.63) is 103 Å². The molecule has 0 saturated carbocycles. The monoisotopic (exact) mass is 541 g/mol. The highest BCUT2D eigenvalue weighted by Gasteiger charge is 2.71. The number of esters is 1. The molecule has 190 valence electrons. The van der Waals surface area contributed by atoms with E-state index in [1.54, 1.807) is 7.11 Å². The number of thioether (sulfide) groups is 2. The molecule has 3 aromatic rings. The van der Waals surface area contributed by atoms with Gasteiger partial charge < -0.3 is 19.7 Å². The van der Waals surface area contributed by atoms with Crippen LogP contribution in [0.4, 0.5) is 0 Å². The van der Waals surface area contributed by atoms with Crippen LogP contribution in [0.5, 0.6) is 11.5 Å². The normalized spacial score (nSPS) is 24.8. The molecule has 4 aliphatic rings. The van der Waals surface area contributed by atoms with Crippen LogP contribution in [0.2, 0.25) is 0 Å². The summed E-state index contributed by atoms with van der Waals surface area (Å²) in [6.45, 7) is 9.66. The van der Waals surface area contributed by atoms with Gasteiger partial charge in [0.2, 0.25) is 0 Å². The number of phenols is 2. The van der Waals surface area contributed by atoms with Gasteiger partial charge in [0.05, 0.1) is 33.3 Å². The molecule has 1 spiro atoms. The van der Waals surface area contributed by atoms with Crippen LogP contribution in [-0.4, -0.2) is 36.0 Å². The lowest BCUT2D eigenvalue weighted by molar-refractivity contribution is -0.139. The Hall–Kier alpha value is -3.38. The van der Waals surface area contributed by atoms with E-state index in [2.05, 4.69) is 29.1 Å². The number of phenolic OH excluding ortho intramolecular Hbond substituents is 2. The number of hydrogen-bond acceptors (Lipinski definition) is 7. The number of ether oxygens (including phenoxy) is 2. The van der Waals surface area contributed by atoms with Crippen LogP contribution in [0.3, 0.4) is 0 Å². The Kier molecular flexibility index (Phi) is 5.19. The average molecular weight is 542 g/mol. The number of aromatic hydroxyl groups is 2. The third-order valence-electron chi connectivity index (χ3n) is 8.41. The molecule has 1 heterocycles. The number of hydrogen-bond donors (Lipinski definition) is 2. The Morgan fingerprint density at radius 3 is 2.03 bits per heavy atom. The third kappa shape index (κ3) is 2.76. The highest BCUT2D eigenvalue weighted by Crippen LogP contribution is 2.80. The molecular formula is C30H23NO5S2. The Bertz CT molecular complexity index is 1540. The maximum atomic E-state index is 12.7. The van der Waals surface area contributed by atoms with Crippen LogP contribution < -0.4 is 0 Å². The molecule has 0 bridgehead atoms. The molecule has 2 N–H and O–H groups in total. The largest absolute Gasteiger partial charge is 0.506 e. The highest BCUT2D eigenvalue weighted by molar-refractivity contribution is 8.24. The van der Waals surface area contributed by atoms with Gasteiger partial charge in [-0.2, -0.15) is 0 Å². The molecule has 0 amide bonds. The fourth-order valence-corrected chi connectivity index (χ4v) is 9.29. The molecule has 0 fully saturated rings. The first-order valence-electron chi connectivity index (χ1n) is 12.4. The quantitative estimate of drug-likeness (QED) is 0.171. The van der Waals surface area contributed by atoms with Gasteiger partial charge in [-0.3, -0.25) is 4.79 Å². The second kappa shape index (κ2) is 8.31. The minimum Gasteiger partial charge on any atom is -0.506 e. The van der Waals surface area contributed by atoms with Gasteiger partial charge in [0.25, 0.3) is 5.70 Å². The molecule has 0 saturated heterocycles. The van der Waals surface area contributed by atoms with E-state index in [0.717, 1.165) is 34.7 Å². The molecule has 4 atom stereocenters. The zero-order chi connectivity index (χ0) is 26.3. The SMILES string of the molecule is [C-]#[N+]C(C(=O)OCCC(C)OC)=C1Sc2c(O)c3c(c(O)c2S1)[C@@H]1c2ccccc2C12c1ccccc1[C@H]32. The first-order valence-corrected chi connectivity index (χ1v) is 14.1. The van der Waals surface area contributed by atoms with Gasteiger partial charge >= 0.3 is 5.97 Å². The van der Waals surface area contributed by atoms with Crippen molar-refractivity contribution in [2.75, 3.05) is 13.7 Å². The summed E-state index contributed by atoms with van der Waals surface area (Å²) in [4.78, 5) is 17.2. The summed E-state index contributed by atoms with van der Waals surface area (Å²) >= 11 is 2.31. The van der Waals surface area contributed by atoms with E-state index in [0.29, 0.717) is 20.4 Å². The van der Waals surface area contributed by atoms with Crippen molar-refractivity contribution in [3.8, 4) is 11.5 Å². The van der Waals surface area contributed by atoms with Gasteiger partial charge in [-0.05, 0) is 29.2 Å². The number of carbonyl (C=O) groups excluding carboxylic acids is 1. The molecule has 3 aromatic carbocycles. The van der Waals surface area contributed by atoms with Crippen LogP contribution in [0, 0.1) is 6.57 Å². The smallest absolute Gasteiger partial charge is 0.338 e. The number of carbonyl (C=O) groups is 1. The van der Waals surface area contributed by atoms with Crippen molar-refractivity contribution in [1.29, 1.82) is 0 Å². The van der Waals surface area contributed by atoms with Crippen LogP contribution in [-0.2, 0) is 19.7 Å². The van der Waals surface area contributed by atoms with Gasteiger partial charge in [-0.25, -0.2) is 4.85 Å². The van der Waals surface area contributed by atoms with E-state index in [-0.39, 0.29) is 47.2 Å². The van der Waals surface area contributed by atoms with Gasteiger partial charge in [-0.15, -0.1) is 0 Å². The lowest BCUT2D eigenvalue weighted by atomic mass is 9.43. The molecule has 7 rings (SSSR count). The Labute approximate surface area is 228 Å². The predicted molar refractivity (Wildman–Crippen MR) is 145 cm³/mol. The number of nitrogens with zero attached hydrogens (tertiary/aromatic N) is 1. The molecule has 6 nitrogen and oxygen atoms in total. The van der Waals surface area contributed by atoms with E-state index in [9.17, 15) is 15.0 Å². The first-order chi connectivity index (χ1) is 18.4. The topological polar surface area (TPSA) is 80.4 Å². The lowest BCUT2D eigenvalue weighted by Crippen LogP contribution is -2.52. The van der Waals surface area contributed by atoms with E-state index >= 15 is 0 Å². The van der Waals surface area contributed by atoms with E-state index in [4.69, 9.17) is 16.0 Å². The zero-order valence-electron chi connectivity index (χ0n) is 20.6. The molecule has 1 aliphatic heterocycles. The summed E-state index contributed by atoms with van der Waals surface area (Å²) in [7, 11) is 1.59. The predicted octanol–water partition coefficient (Wildman–Crippen LogP) is 6.24. The molecule has 38 heavy (non-hydrogen) atoms. The summed E-state index contributed by atoms with van der Waals surface area (Å²) in [5.41, 5.74) is 5.95. The van der Waals surface area contributed by atoms with Crippen molar-refractivity contribution in [1.82, 2.24) is 0 Å². The summed E-state index contributed by atoms with van der Waals surface area (Å²) in [6.07, 6.45) is 0.452. The van der Waals surface area contributed by atoms with Crippen LogP contribution >= 0.6 is 23.5 Å². The van der Waals surface area contributed by atoms with Gasteiger partial charge in [-0.1, -0.05) is 72.1 Å². The van der Waals surface area contributed by atoms with E-state index < -0.39 is 5.97 Å². The maximum absolute atomic E-state index is 12.7. The van der Waals surface area contributed by atoms with Crippen LogP contribution in [0.25, 0.3) is 4.85 Å². The maximum Gasteiger partial charge on any atom is 0.338 e.